The Kier molecular flexibility index (Phi) is 4.99. The van der Waals surface area contributed by atoms with E-state index in [-0.39, 0.29) is 11.8 Å². The fourth-order valence-corrected chi connectivity index (χ4v) is 4.35. The Morgan fingerprint density at radius 1 is 1.50 bits per heavy atom. The molecule has 1 aliphatic heterocycles. The first-order chi connectivity index (χ1) is 9.53. The molecule has 1 aromatic rings. The summed E-state index contributed by atoms with van der Waals surface area (Å²) < 4.78 is 23.2. The lowest BCUT2D eigenvalue weighted by Crippen LogP contribution is -2.33. The smallest absolute Gasteiger partial charge is 0.152 e. The zero-order valence-corrected chi connectivity index (χ0v) is 13.0. The molecule has 0 saturated carbocycles. The van der Waals surface area contributed by atoms with Crippen molar-refractivity contribution in [2.75, 3.05) is 30.0 Å². The lowest BCUT2D eigenvalue weighted by atomic mass is 10.1. The van der Waals surface area contributed by atoms with Gasteiger partial charge in [0.15, 0.2) is 9.84 Å². The van der Waals surface area contributed by atoms with Crippen LogP contribution in [0.25, 0.3) is 0 Å². The minimum atomic E-state index is -2.86. The number of sulfone groups is 1. The number of hydrogen-bond donors (Lipinski definition) is 1. The molecule has 0 aromatic carbocycles. The molecule has 2 heterocycles. The Hall–Kier alpha value is -1.14. The highest BCUT2D eigenvalue weighted by Gasteiger charge is 2.31. The Balaban J connectivity index is 2.11. The van der Waals surface area contributed by atoms with Gasteiger partial charge in [0.05, 0.1) is 11.5 Å². The summed E-state index contributed by atoms with van der Waals surface area (Å²) in [4.78, 5) is 6.27. The van der Waals surface area contributed by atoms with Crippen LogP contribution in [-0.2, 0) is 16.4 Å². The Bertz CT molecular complexity index is 545. The molecule has 0 spiro atoms. The van der Waals surface area contributed by atoms with E-state index in [2.05, 4.69) is 22.1 Å². The van der Waals surface area contributed by atoms with Gasteiger partial charge in [-0.15, -0.1) is 0 Å². The molecule has 1 aliphatic rings. The summed E-state index contributed by atoms with van der Waals surface area (Å²) >= 11 is 0. The minimum Gasteiger partial charge on any atom is -0.370 e. The number of pyridine rings is 1. The van der Waals surface area contributed by atoms with Crippen LogP contribution in [-0.4, -0.2) is 44.5 Å². The van der Waals surface area contributed by atoms with Gasteiger partial charge in [-0.2, -0.15) is 0 Å². The van der Waals surface area contributed by atoms with Gasteiger partial charge in [-0.05, 0) is 25.5 Å². The summed E-state index contributed by atoms with van der Waals surface area (Å²) in [5.74, 6) is 0.560. The molecular formula is C14H23N3O2S. The number of rotatable bonds is 6. The van der Waals surface area contributed by atoms with Gasteiger partial charge in [0.2, 0.25) is 0 Å². The fraction of sp³-hybridized carbons (Fsp3) is 0.643. The molecule has 1 atom stereocenters. The van der Waals surface area contributed by atoms with Crippen molar-refractivity contribution < 1.29 is 8.42 Å². The zero-order valence-electron chi connectivity index (χ0n) is 12.2. The highest BCUT2D eigenvalue weighted by atomic mass is 32.2. The molecule has 1 saturated heterocycles. The zero-order chi connectivity index (χ0) is 14.6. The van der Waals surface area contributed by atoms with Crippen molar-refractivity contribution in [2.45, 2.75) is 32.4 Å². The Morgan fingerprint density at radius 2 is 2.30 bits per heavy atom. The van der Waals surface area contributed by atoms with Crippen LogP contribution in [0.4, 0.5) is 5.69 Å². The van der Waals surface area contributed by atoms with E-state index in [0.29, 0.717) is 12.2 Å². The summed E-state index contributed by atoms with van der Waals surface area (Å²) in [6.45, 7) is 3.86. The van der Waals surface area contributed by atoms with Gasteiger partial charge in [0.1, 0.15) is 0 Å². The number of hydrogen-bond acceptors (Lipinski definition) is 5. The predicted molar refractivity (Wildman–Crippen MR) is 81.7 cm³/mol. The number of nitrogens with one attached hydrogen (secondary N) is 1. The summed E-state index contributed by atoms with van der Waals surface area (Å²) in [7, 11) is -0.879. The van der Waals surface area contributed by atoms with Crippen LogP contribution in [0.1, 0.15) is 25.3 Å². The van der Waals surface area contributed by atoms with Crippen molar-refractivity contribution >= 4 is 15.5 Å². The van der Waals surface area contributed by atoms with Gasteiger partial charge in [-0.1, -0.05) is 6.92 Å². The van der Waals surface area contributed by atoms with Crippen LogP contribution in [0.15, 0.2) is 18.5 Å². The molecule has 5 nitrogen and oxygen atoms in total. The van der Waals surface area contributed by atoms with Crippen LogP contribution >= 0.6 is 0 Å². The van der Waals surface area contributed by atoms with Crippen molar-refractivity contribution in [3.8, 4) is 0 Å². The molecule has 0 aliphatic carbocycles. The highest BCUT2D eigenvalue weighted by molar-refractivity contribution is 7.91. The van der Waals surface area contributed by atoms with E-state index >= 15 is 0 Å². The third-order valence-corrected chi connectivity index (χ3v) is 5.51. The molecule has 1 fully saturated rings. The van der Waals surface area contributed by atoms with Crippen molar-refractivity contribution in [3.63, 3.8) is 0 Å². The SMILES string of the molecule is CCCNCc1cnccc1N(C)C1CCS(=O)(=O)C1. The molecule has 112 valence electrons. The maximum Gasteiger partial charge on any atom is 0.152 e. The highest BCUT2D eigenvalue weighted by Crippen LogP contribution is 2.25. The molecule has 0 amide bonds. The summed E-state index contributed by atoms with van der Waals surface area (Å²) in [6.07, 6.45) is 5.42. The summed E-state index contributed by atoms with van der Waals surface area (Å²) in [6, 6.07) is 2.04. The standard InChI is InChI=1S/C14H23N3O2S/c1-3-6-15-9-12-10-16-7-4-14(12)17(2)13-5-8-20(18,19)11-13/h4,7,10,13,15H,3,5-6,8-9,11H2,1-2H3. The van der Waals surface area contributed by atoms with E-state index in [1.807, 2.05) is 19.3 Å². The van der Waals surface area contributed by atoms with Crippen molar-refractivity contribution in [1.82, 2.24) is 10.3 Å². The largest absolute Gasteiger partial charge is 0.370 e. The first-order valence-electron chi connectivity index (χ1n) is 7.10. The molecule has 0 radical (unpaired) electrons. The van der Waals surface area contributed by atoms with Gasteiger partial charge < -0.3 is 10.2 Å². The second-order valence-electron chi connectivity index (χ2n) is 5.35. The molecule has 1 unspecified atom stereocenters. The van der Waals surface area contributed by atoms with E-state index in [1.54, 1.807) is 6.20 Å². The molecule has 0 bridgehead atoms. The summed E-state index contributed by atoms with van der Waals surface area (Å²) in [5, 5.41) is 3.37. The van der Waals surface area contributed by atoms with Gasteiger partial charge >= 0.3 is 0 Å². The van der Waals surface area contributed by atoms with Crippen molar-refractivity contribution in [2.24, 2.45) is 0 Å². The molecule has 6 heteroatoms. The topological polar surface area (TPSA) is 62.3 Å². The van der Waals surface area contributed by atoms with Crippen LogP contribution in [0, 0.1) is 0 Å². The normalized spacial score (nSPS) is 21.0. The molecule has 2 rings (SSSR count). The number of aromatic nitrogens is 1. The van der Waals surface area contributed by atoms with Crippen LogP contribution in [0.3, 0.4) is 0 Å². The van der Waals surface area contributed by atoms with Crippen LogP contribution < -0.4 is 10.2 Å². The maximum atomic E-state index is 11.6. The molecular weight excluding hydrogens is 274 g/mol. The predicted octanol–water partition coefficient (Wildman–Crippen LogP) is 1.20. The fourth-order valence-electron chi connectivity index (χ4n) is 2.58. The van der Waals surface area contributed by atoms with E-state index in [4.69, 9.17) is 0 Å². The minimum absolute atomic E-state index is 0.0762. The quantitative estimate of drug-likeness (QED) is 0.800. The molecule has 1 aromatic heterocycles. The van der Waals surface area contributed by atoms with Crippen LogP contribution in [0.5, 0.6) is 0 Å². The van der Waals surface area contributed by atoms with Gasteiger partial charge in [0.25, 0.3) is 0 Å². The second kappa shape index (κ2) is 6.54. The second-order valence-corrected chi connectivity index (χ2v) is 7.58. The van der Waals surface area contributed by atoms with Gasteiger partial charge in [0, 0.05) is 43.3 Å². The molecule has 20 heavy (non-hydrogen) atoms. The molecule has 1 N–H and O–H groups in total. The van der Waals surface area contributed by atoms with E-state index in [1.165, 1.54) is 0 Å². The van der Waals surface area contributed by atoms with Crippen molar-refractivity contribution in [1.29, 1.82) is 0 Å². The number of nitrogens with zero attached hydrogens (tertiary/aromatic N) is 2. The number of anilines is 1. The first kappa shape index (κ1) is 15.3. The van der Waals surface area contributed by atoms with E-state index < -0.39 is 9.84 Å². The van der Waals surface area contributed by atoms with E-state index in [9.17, 15) is 8.42 Å². The van der Waals surface area contributed by atoms with Crippen LogP contribution in [0.2, 0.25) is 0 Å². The third kappa shape index (κ3) is 3.70. The van der Waals surface area contributed by atoms with E-state index in [0.717, 1.165) is 30.8 Å². The first-order valence-corrected chi connectivity index (χ1v) is 8.92. The Morgan fingerprint density at radius 3 is 2.95 bits per heavy atom. The third-order valence-electron chi connectivity index (χ3n) is 3.76. The summed E-state index contributed by atoms with van der Waals surface area (Å²) in [5.41, 5.74) is 2.19. The van der Waals surface area contributed by atoms with Gasteiger partial charge in [-0.25, -0.2) is 8.42 Å². The van der Waals surface area contributed by atoms with Gasteiger partial charge in [-0.3, -0.25) is 4.98 Å². The van der Waals surface area contributed by atoms with Crippen molar-refractivity contribution in [3.05, 3.63) is 24.0 Å². The lowest BCUT2D eigenvalue weighted by molar-refractivity contribution is 0.600. The average Bonchev–Trinajstić information content (AvgIpc) is 2.79. The maximum absolute atomic E-state index is 11.6. The average molecular weight is 297 g/mol. The lowest BCUT2D eigenvalue weighted by Gasteiger charge is -2.27. The monoisotopic (exact) mass is 297 g/mol. The Labute approximate surface area is 121 Å².